The van der Waals surface area contributed by atoms with Gasteiger partial charge in [-0.05, 0) is 152 Å². The Hall–Kier alpha value is -5.06. The first-order chi connectivity index (χ1) is 30.8. The van der Waals surface area contributed by atoms with Crippen LogP contribution in [0.25, 0.3) is 21.2 Å². The summed E-state index contributed by atoms with van der Waals surface area (Å²) in [5.74, 6) is 0.382. The van der Waals surface area contributed by atoms with Crippen LogP contribution in [0.4, 0.5) is 34.1 Å². The highest BCUT2D eigenvalue weighted by molar-refractivity contribution is 7.33. The number of nitrogens with zero attached hydrogens (tertiary/aromatic N) is 2. The number of thiophene rings is 1. The minimum absolute atomic E-state index is 0.0461. The van der Waals surface area contributed by atoms with E-state index in [1.165, 1.54) is 54.9 Å². The summed E-state index contributed by atoms with van der Waals surface area (Å²) in [6.45, 7) is 28.0. The van der Waals surface area contributed by atoms with Crippen LogP contribution in [0.1, 0.15) is 141 Å². The molecule has 4 heteroatoms. The van der Waals surface area contributed by atoms with Crippen molar-refractivity contribution in [3.8, 4) is 11.1 Å². The first-order valence-corrected chi connectivity index (χ1v) is 23.4. The minimum Gasteiger partial charge on any atom is -0.311 e. The Bertz CT molecular complexity index is 3110. The number of hydrogen-bond acceptors (Lipinski definition) is 3. The van der Waals surface area contributed by atoms with Gasteiger partial charge in [0.1, 0.15) is 0 Å². The van der Waals surface area contributed by atoms with Gasteiger partial charge in [0.2, 0.25) is 0 Å². The van der Waals surface area contributed by atoms with E-state index in [1.807, 2.05) is 39.0 Å². The standard InChI is InChI=1S/C58H63BN2S/c1-35(2)37-19-23-41(24-20-37)60-49-29-36(3)30-50-52(49)59(54-53(60)43-33-44-45(34-51(43)62-54)58(12,13)28-27-57(44,10)11)46-32-40(56(7,8)9)22-26-48(46)61(50)47-25-21-39(55(4,5)6)31-42(47)38-17-15-14-16-18-38/h14-26,29-35H,27-28H2,1-13H3/i27D2,28D2. The molecule has 0 fully saturated rings. The lowest BCUT2D eigenvalue weighted by atomic mass is 9.36. The Kier molecular flexibility index (Phi) is 8.21. The summed E-state index contributed by atoms with van der Waals surface area (Å²) in [5, 5.41) is 1.08. The van der Waals surface area contributed by atoms with Crippen LogP contribution in [-0.4, -0.2) is 6.71 Å². The topological polar surface area (TPSA) is 6.48 Å². The zero-order valence-electron chi connectivity index (χ0n) is 42.9. The van der Waals surface area contributed by atoms with Gasteiger partial charge in [-0.1, -0.05) is 144 Å². The molecule has 0 atom stereocenters. The number of benzene rings is 6. The number of rotatable bonds is 4. The predicted molar refractivity (Wildman–Crippen MR) is 273 cm³/mol. The molecule has 0 N–H and O–H groups in total. The van der Waals surface area contributed by atoms with Crippen LogP contribution >= 0.6 is 11.3 Å². The van der Waals surface area contributed by atoms with Crippen molar-refractivity contribution in [3.05, 3.63) is 149 Å². The third-order valence-corrected chi connectivity index (χ3v) is 15.1. The fraction of sp³-hybridized carbons (Fsp3) is 0.345. The molecule has 314 valence electrons. The van der Waals surface area contributed by atoms with Gasteiger partial charge in [-0.25, -0.2) is 0 Å². The van der Waals surface area contributed by atoms with E-state index in [1.54, 1.807) is 0 Å². The fourth-order valence-electron chi connectivity index (χ4n) is 10.2. The Balaban J connectivity index is 1.34. The Labute approximate surface area is 381 Å². The zero-order chi connectivity index (χ0) is 47.4. The highest BCUT2D eigenvalue weighted by Crippen LogP contribution is 2.53. The molecule has 1 aromatic heterocycles. The van der Waals surface area contributed by atoms with Crippen molar-refractivity contribution in [2.24, 2.45) is 0 Å². The molecular weight excluding hydrogens is 768 g/mol. The third-order valence-electron chi connectivity index (χ3n) is 13.9. The van der Waals surface area contributed by atoms with Crippen LogP contribution in [0.15, 0.2) is 115 Å². The van der Waals surface area contributed by atoms with Gasteiger partial charge in [-0.3, -0.25) is 0 Å². The van der Waals surface area contributed by atoms with E-state index in [0.29, 0.717) is 5.92 Å². The molecule has 2 aliphatic heterocycles. The summed E-state index contributed by atoms with van der Waals surface area (Å²) in [7, 11) is 0. The minimum atomic E-state index is -2.13. The lowest BCUT2D eigenvalue weighted by molar-refractivity contribution is 0.332. The molecule has 0 radical (unpaired) electrons. The summed E-state index contributed by atoms with van der Waals surface area (Å²) >= 11 is 1.83. The molecule has 7 aromatic rings. The normalized spacial score (nSPS) is 18.9. The zero-order valence-corrected chi connectivity index (χ0v) is 39.7. The van der Waals surface area contributed by atoms with Gasteiger partial charge in [-0.2, -0.15) is 0 Å². The SMILES string of the molecule is [2H]C1([2H])C(C)(C)c2cc3sc4c(c3cc2C(C)(C)C1([2H])[2H])N(c1ccc(C(C)C)cc1)c1cc(C)cc2c1B4c1cc(C(C)(C)C)ccc1N2c1ccc(C(C)(C)C)cc1-c1ccccc1. The Morgan fingerprint density at radius 2 is 1.23 bits per heavy atom. The highest BCUT2D eigenvalue weighted by atomic mass is 32.1. The van der Waals surface area contributed by atoms with Crippen molar-refractivity contribution in [3.63, 3.8) is 0 Å². The summed E-state index contributed by atoms with van der Waals surface area (Å²) in [5.41, 5.74) is 16.2. The monoisotopic (exact) mass is 835 g/mol. The van der Waals surface area contributed by atoms with Crippen LogP contribution in [-0.2, 0) is 21.7 Å². The summed E-state index contributed by atoms with van der Waals surface area (Å²) < 4.78 is 40.0. The molecule has 0 amide bonds. The van der Waals surface area contributed by atoms with Crippen molar-refractivity contribution in [1.29, 1.82) is 0 Å². The molecule has 0 spiro atoms. The third kappa shape index (κ3) is 6.41. The predicted octanol–water partition coefficient (Wildman–Crippen LogP) is 15.0. The molecule has 6 aromatic carbocycles. The summed E-state index contributed by atoms with van der Waals surface area (Å²) in [6, 6.07) is 43.4. The maximum absolute atomic E-state index is 9.45. The first kappa shape index (κ1) is 36.4. The van der Waals surface area contributed by atoms with Gasteiger partial charge in [0.15, 0.2) is 0 Å². The second-order valence-electron chi connectivity index (χ2n) is 21.6. The van der Waals surface area contributed by atoms with E-state index in [4.69, 9.17) is 0 Å². The molecule has 0 bridgehead atoms. The van der Waals surface area contributed by atoms with E-state index in [2.05, 4.69) is 187 Å². The van der Waals surface area contributed by atoms with Crippen LogP contribution in [0.5, 0.6) is 0 Å². The van der Waals surface area contributed by atoms with E-state index in [-0.39, 0.29) is 17.5 Å². The fourth-order valence-corrected chi connectivity index (χ4v) is 11.5. The maximum Gasteiger partial charge on any atom is 0.264 e. The Morgan fingerprint density at radius 1 is 0.645 bits per heavy atom. The molecular formula is C58H63BN2S. The van der Waals surface area contributed by atoms with Crippen molar-refractivity contribution >= 4 is 78.0 Å². The molecule has 2 nitrogen and oxygen atoms in total. The second kappa shape index (κ2) is 14.0. The summed E-state index contributed by atoms with van der Waals surface area (Å²) in [6.07, 6.45) is -4.25. The molecule has 62 heavy (non-hydrogen) atoms. The average molecular weight is 835 g/mol. The van der Waals surface area contributed by atoms with E-state index in [9.17, 15) is 5.48 Å². The van der Waals surface area contributed by atoms with Gasteiger partial charge in [-0.15, -0.1) is 11.3 Å². The second-order valence-corrected chi connectivity index (χ2v) is 22.7. The number of fused-ring (bicyclic) bond motifs is 7. The molecule has 0 saturated heterocycles. The van der Waals surface area contributed by atoms with E-state index < -0.39 is 23.6 Å². The molecule has 10 rings (SSSR count). The Morgan fingerprint density at radius 3 is 1.84 bits per heavy atom. The molecule has 1 aliphatic carbocycles. The van der Waals surface area contributed by atoms with Crippen LogP contribution in [0, 0.1) is 6.92 Å². The van der Waals surface area contributed by atoms with Gasteiger partial charge in [0.05, 0.1) is 11.4 Å². The first-order valence-electron chi connectivity index (χ1n) is 24.6. The number of anilines is 6. The average Bonchev–Trinajstić information content (AvgIpc) is 3.62. The van der Waals surface area contributed by atoms with E-state index >= 15 is 0 Å². The van der Waals surface area contributed by atoms with Crippen molar-refractivity contribution in [2.45, 2.75) is 130 Å². The molecule has 0 unspecified atom stereocenters. The van der Waals surface area contributed by atoms with Gasteiger partial charge in [0.25, 0.3) is 6.71 Å². The number of aryl methyl sites for hydroxylation is 1. The van der Waals surface area contributed by atoms with Crippen molar-refractivity contribution in [2.75, 3.05) is 9.80 Å². The quantitative estimate of drug-likeness (QED) is 0.163. The van der Waals surface area contributed by atoms with Gasteiger partial charge in [0, 0.05) is 48.7 Å². The van der Waals surface area contributed by atoms with E-state index in [0.717, 1.165) is 49.5 Å². The number of hydrogen-bond donors (Lipinski definition) is 0. The van der Waals surface area contributed by atoms with Gasteiger partial charge >= 0.3 is 0 Å². The molecule has 3 heterocycles. The van der Waals surface area contributed by atoms with Crippen LogP contribution < -0.4 is 25.5 Å². The lowest BCUT2D eigenvalue weighted by Crippen LogP contribution is -2.60. The smallest absolute Gasteiger partial charge is 0.264 e. The largest absolute Gasteiger partial charge is 0.311 e. The van der Waals surface area contributed by atoms with Gasteiger partial charge < -0.3 is 9.80 Å². The van der Waals surface area contributed by atoms with Crippen LogP contribution in [0.3, 0.4) is 0 Å². The molecule has 0 saturated carbocycles. The van der Waals surface area contributed by atoms with Crippen molar-refractivity contribution in [1.82, 2.24) is 0 Å². The maximum atomic E-state index is 9.45. The summed E-state index contributed by atoms with van der Waals surface area (Å²) in [4.78, 5) is 5.05. The lowest BCUT2D eigenvalue weighted by Gasteiger charge is -2.44. The van der Waals surface area contributed by atoms with Crippen LogP contribution in [0.2, 0.25) is 0 Å². The van der Waals surface area contributed by atoms with Crippen molar-refractivity contribution < 1.29 is 5.48 Å². The highest BCUT2D eigenvalue weighted by Gasteiger charge is 2.47. The molecule has 3 aliphatic rings.